The monoisotopic (exact) mass is 550 g/mol. The van der Waals surface area contributed by atoms with Crippen molar-refractivity contribution in [1.82, 2.24) is 10.3 Å². The molecule has 7 nitrogen and oxygen atoms in total. The topological polar surface area (TPSA) is 98.5 Å². The molecule has 1 aliphatic rings. The summed E-state index contributed by atoms with van der Waals surface area (Å²) in [5, 5.41) is 2.72. The standard InChI is InChI=1S/C23H23BrN2O5S2/c1-15-4-6-16(7-5-15)21-26-22(33(28,29)19-10-8-17(24)9-11-19)23(31-21)32-14-20(27)25-13-18-3-2-12-30-18/h4-11,18H,2-3,12-14H2,1H3,(H,25,27)/t18-/m0/s1. The highest BCUT2D eigenvalue weighted by Gasteiger charge is 2.29. The van der Waals surface area contributed by atoms with Gasteiger partial charge in [-0.3, -0.25) is 4.79 Å². The van der Waals surface area contributed by atoms with Gasteiger partial charge in [0, 0.05) is 23.2 Å². The number of sulfone groups is 1. The zero-order valence-electron chi connectivity index (χ0n) is 17.9. The molecule has 0 aliphatic carbocycles. The number of carbonyl (C=O) groups is 1. The predicted molar refractivity (Wildman–Crippen MR) is 129 cm³/mol. The van der Waals surface area contributed by atoms with E-state index >= 15 is 0 Å². The Kier molecular flexibility index (Phi) is 7.58. The highest BCUT2D eigenvalue weighted by Crippen LogP contribution is 2.35. The minimum absolute atomic E-state index is 0.00188. The molecular formula is C23H23BrN2O5S2. The SMILES string of the molecule is Cc1ccc(-c2nc(S(=O)(=O)c3ccc(Br)cc3)c(SCC(=O)NC[C@@H]3CCCO3)o2)cc1. The quantitative estimate of drug-likeness (QED) is 0.408. The van der Waals surface area contributed by atoms with E-state index in [1.807, 2.05) is 31.2 Å². The Bertz CT molecular complexity index is 1220. The number of nitrogens with zero attached hydrogens (tertiary/aromatic N) is 1. The Labute approximate surface area is 205 Å². The summed E-state index contributed by atoms with van der Waals surface area (Å²) >= 11 is 4.33. The fourth-order valence-corrected chi connectivity index (χ4v) is 5.94. The van der Waals surface area contributed by atoms with Gasteiger partial charge in [-0.2, -0.15) is 4.98 Å². The van der Waals surface area contributed by atoms with Gasteiger partial charge in [-0.05, 0) is 56.2 Å². The van der Waals surface area contributed by atoms with Crippen molar-refractivity contribution in [2.24, 2.45) is 0 Å². The van der Waals surface area contributed by atoms with Crippen LogP contribution in [0.15, 0.2) is 72.4 Å². The van der Waals surface area contributed by atoms with E-state index in [-0.39, 0.29) is 38.7 Å². The minimum Gasteiger partial charge on any atom is -0.428 e. The van der Waals surface area contributed by atoms with Crippen molar-refractivity contribution in [3.05, 3.63) is 58.6 Å². The van der Waals surface area contributed by atoms with E-state index in [0.717, 1.165) is 34.6 Å². The van der Waals surface area contributed by atoms with E-state index < -0.39 is 9.84 Å². The van der Waals surface area contributed by atoms with Crippen LogP contribution in [-0.2, 0) is 19.4 Å². The lowest BCUT2D eigenvalue weighted by atomic mass is 10.1. The number of aromatic nitrogens is 1. The lowest BCUT2D eigenvalue weighted by molar-refractivity contribution is -0.119. The van der Waals surface area contributed by atoms with Crippen LogP contribution in [0.3, 0.4) is 0 Å². The first kappa shape index (κ1) is 24.0. The van der Waals surface area contributed by atoms with Gasteiger partial charge in [-0.1, -0.05) is 45.4 Å². The molecule has 0 radical (unpaired) electrons. The molecule has 2 aromatic carbocycles. The zero-order chi connectivity index (χ0) is 23.4. The Hall–Kier alpha value is -2.14. The number of oxazole rings is 1. The maximum Gasteiger partial charge on any atom is 0.230 e. The molecule has 0 unspecified atom stereocenters. The molecule has 1 aliphatic heterocycles. The fraction of sp³-hybridized carbons (Fsp3) is 0.304. The number of aryl methyl sites for hydroxylation is 1. The van der Waals surface area contributed by atoms with Gasteiger partial charge in [0.15, 0.2) is 0 Å². The maximum absolute atomic E-state index is 13.3. The molecule has 4 rings (SSSR count). The molecule has 0 bridgehead atoms. The van der Waals surface area contributed by atoms with Crippen molar-refractivity contribution in [3.8, 4) is 11.5 Å². The zero-order valence-corrected chi connectivity index (χ0v) is 21.1. The third-order valence-corrected chi connectivity index (χ3v) is 8.41. The molecule has 174 valence electrons. The maximum atomic E-state index is 13.3. The van der Waals surface area contributed by atoms with Gasteiger partial charge in [0.25, 0.3) is 0 Å². The van der Waals surface area contributed by atoms with Gasteiger partial charge >= 0.3 is 0 Å². The number of benzene rings is 2. The first-order valence-electron chi connectivity index (χ1n) is 10.4. The number of hydrogen-bond acceptors (Lipinski definition) is 7. The number of rotatable bonds is 8. The lowest BCUT2D eigenvalue weighted by Crippen LogP contribution is -2.32. The summed E-state index contributed by atoms with van der Waals surface area (Å²) in [7, 11) is -3.95. The van der Waals surface area contributed by atoms with E-state index in [0.29, 0.717) is 18.7 Å². The second-order valence-electron chi connectivity index (χ2n) is 7.66. The van der Waals surface area contributed by atoms with Gasteiger partial charge in [-0.25, -0.2) is 8.42 Å². The van der Waals surface area contributed by atoms with Gasteiger partial charge in [0.2, 0.25) is 31.8 Å². The van der Waals surface area contributed by atoms with E-state index in [1.54, 1.807) is 12.1 Å². The summed E-state index contributed by atoms with van der Waals surface area (Å²) in [4.78, 5) is 16.8. The molecule has 1 amide bonds. The van der Waals surface area contributed by atoms with Crippen LogP contribution in [0, 0.1) is 6.92 Å². The largest absolute Gasteiger partial charge is 0.428 e. The molecule has 3 aromatic rings. The minimum atomic E-state index is -3.95. The number of amides is 1. The first-order chi connectivity index (χ1) is 15.8. The van der Waals surface area contributed by atoms with Crippen molar-refractivity contribution in [3.63, 3.8) is 0 Å². The van der Waals surface area contributed by atoms with E-state index in [1.165, 1.54) is 12.1 Å². The van der Waals surface area contributed by atoms with Gasteiger partial charge < -0.3 is 14.5 Å². The van der Waals surface area contributed by atoms with Crippen molar-refractivity contribution in [1.29, 1.82) is 0 Å². The number of halogens is 1. The molecule has 33 heavy (non-hydrogen) atoms. The normalized spacial score (nSPS) is 16.1. The van der Waals surface area contributed by atoms with Crippen LogP contribution in [0.1, 0.15) is 18.4 Å². The predicted octanol–water partition coefficient (Wildman–Crippen LogP) is 4.63. The molecular weight excluding hydrogens is 528 g/mol. The van der Waals surface area contributed by atoms with E-state index in [4.69, 9.17) is 9.15 Å². The second kappa shape index (κ2) is 10.4. The van der Waals surface area contributed by atoms with Crippen LogP contribution >= 0.6 is 27.7 Å². The van der Waals surface area contributed by atoms with E-state index in [9.17, 15) is 13.2 Å². The van der Waals surface area contributed by atoms with Gasteiger partial charge in [0.1, 0.15) is 0 Å². The molecule has 0 saturated carbocycles. The molecule has 1 aromatic heterocycles. The van der Waals surface area contributed by atoms with Crippen molar-refractivity contribution >= 4 is 43.4 Å². The summed E-state index contributed by atoms with van der Waals surface area (Å²) in [5.74, 6) is -0.0401. The van der Waals surface area contributed by atoms with Crippen LogP contribution in [0.25, 0.3) is 11.5 Å². The summed E-state index contributed by atoms with van der Waals surface area (Å²) < 4.78 is 38.8. The number of hydrogen-bond donors (Lipinski definition) is 1. The third-order valence-electron chi connectivity index (χ3n) is 5.13. The van der Waals surface area contributed by atoms with Crippen molar-refractivity contribution in [2.45, 2.75) is 40.9 Å². The number of ether oxygens (including phenoxy) is 1. The van der Waals surface area contributed by atoms with Crippen molar-refractivity contribution < 1.29 is 22.4 Å². The highest BCUT2D eigenvalue weighted by atomic mass is 79.9. The molecule has 1 fully saturated rings. The summed E-state index contributed by atoms with van der Waals surface area (Å²) in [6, 6.07) is 13.7. The molecule has 1 N–H and O–H groups in total. The van der Waals surface area contributed by atoms with Crippen LogP contribution in [0.4, 0.5) is 0 Å². The van der Waals surface area contributed by atoms with Crippen molar-refractivity contribution in [2.75, 3.05) is 18.9 Å². The van der Waals surface area contributed by atoms with E-state index in [2.05, 4.69) is 26.2 Å². The number of carbonyl (C=O) groups excluding carboxylic acids is 1. The Morgan fingerprint density at radius 1 is 1.18 bits per heavy atom. The Balaban J connectivity index is 1.59. The van der Waals surface area contributed by atoms with Crippen LogP contribution in [0.5, 0.6) is 0 Å². The summed E-state index contributed by atoms with van der Waals surface area (Å²) in [5.41, 5.74) is 1.72. The Morgan fingerprint density at radius 3 is 2.58 bits per heavy atom. The second-order valence-corrected chi connectivity index (χ2v) is 11.4. The molecule has 10 heteroatoms. The molecule has 0 spiro atoms. The number of nitrogens with one attached hydrogen (secondary N) is 1. The summed E-state index contributed by atoms with van der Waals surface area (Å²) in [6.07, 6.45) is 1.95. The number of thioether (sulfide) groups is 1. The molecule has 2 heterocycles. The average molecular weight is 551 g/mol. The van der Waals surface area contributed by atoms with Crippen LogP contribution in [0.2, 0.25) is 0 Å². The fourth-order valence-electron chi connectivity index (χ4n) is 3.31. The average Bonchev–Trinajstić information content (AvgIpc) is 3.47. The van der Waals surface area contributed by atoms with Crippen LogP contribution < -0.4 is 5.32 Å². The summed E-state index contributed by atoms with van der Waals surface area (Å²) in [6.45, 7) is 3.11. The highest BCUT2D eigenvalue weighted by molar-refractivity contribution is 9.10. The smallest absolute Gasteiger partial charge is 0.230 e. The van der Waals surface area contributed by atoms with Crippen LogP contribution in [-0.4, -0.2) is 44.3 Å². The third kappa shape index (κ3) is 5.87. The van der Waals surface area contributed by atoms with Gasteiger partial charge in [0.05, 0.1) is 16.8 Å². The van der Waals surface area contributed by atoms with Gasteiger partial charge in [-0.15, -0.1) is 0 Å². The first-order valence-corrected chi connectivity index (χ1v) is 13.7. The molecule has 1 saturated heterocycles. The molecule has 1 atom stereocenters. The Morgan fingerprint density at radius 2 is 1.91 bits per heavy atom. The lowest BCUT2D eigenvalue weighted by Gasteiger charge is -2.10.